The van der Waals surface area contributed by atoms with Gasteiger partial charge in [0.1, 0.15) is 0 Å². The third-order valence-electron chi connectivity index (χ3n) is 5.75. The highest BCUT2D eigenvalue weighted by atomic mass is 32.2. The van der Waals surface area contributed by atoms with Crippen molar-refractivity contribution in [2.45, 2.75) is 50.0 Å². The Morgan fingerprint density at radius 2 is 1.86 bits per heavy atom. The average molecular weight is 419 g/mol. The highest BCUT2D eigenvalue weighted by Crippen LogP contribution is 2.36. The van der Waals surface area contributed by atoms with Gasteiger partial charge in [0.05, 0.1) is 10.9 Å². The van der Waals surface area contributed by atoms with Crippen LogP contribution in [-0.2, 0) is 10.0 Å². The van der Waals surface area contributed by atoms with Crippen LogP contribution in [0.5, 0.6) is 0 Å². The highest BCUT2D eigenvalue weighted by molar-refractivity contribution is 7.89. The number of thiophene rings is 1. The van der Waals surface area contributed by atoms with E-state index in [0.717, 1.165) is 32.1 Å². The van der Waals surface area contributed by atoms with E-state index in [9.17, 15) is 13.2 Å². The van der Waals surface area contributed by atoms with Crippen LogP contribution in [0.15, 0.2) is 40.6 Å². The second kappa shape index (κ2) is 7.97. The molecule has 2 saturated heterocycles. The van der Waals surface area contributed by atoms with Crippen LogP contribution in [0.1, 0.15) is 58.9 Å². The van der Waals surface area contributed by atoms with E-state index in [2.05, 4.69) is 6.07 Å². The molecule has 3 heterocycles. The van der Waals surface area contributed by atoms with Crippen LogP contribution in [0.4, 0.5) is 0 Å². The van der Waals surface area contributed by atoms with E-state index in [0.29, 0.717) is 30.8 Å². The number of carbonyl (C=O) groups is 1. The maximum Gasteiger partial charge on any atom is 0.254 e. The maximum atomic E-state index is 13.2. The van der Waals surface area contributed by atoms with E-state index < -0.39 is 10.0 Å². The van der Waals surface area contributed by atoms with Gasteiger partial charge >= 0.3 is 0 Å². The summed E-state index contributed by atoms with van der Waals surface area (Å²) in [5.74, 6) is -0.0778. The molecule has 1 aromatic carbocycles. The number of benzene rings is 1. The van der Waals surface area contributed by atoms with Gasteiger partial charge in [-0.05, 0) is 61.7 Å². The molecule has 1 amide bonds. The van der Waals surface area contributed by atoms with Crippen molar-refractivity contribution < 1.29 is 13.2 Å². The van der Waals surface area contributed by atoms with Gasteiger partial charge in [0.2, 0.25) is 10.0 Å². The Hall–Kier alpha value is -1.70. The fourth-order valence-corrected chi connectivity index (χ4v) is 6.85. The van der Waals surface area contributed by atoms with E-state index in [4.69, 9.17) is 0 Å². The van der Waals surface area contributed by atoms with Crippen molar-refractivity contribution in [3.8, 4) is 0 Å². The van der Waals surface area contributed by atoms with Gasteiger partial charge in [-0.1, -0.05) is 18.6 Å². The number of likely N-dealkylation sites (tertiary alicyclic amines) is 1. The van der Waals surface area contributed by atoms with Crippen LogP contribution in [0.3, 0.4) is 0 Å². The molecule has 5 nitrogen and oxygen atoms in total. The van der Waals surface area contributed by atoms with Gasteiger partial charge in [-0.15, -0.1) is 11.3 Å². The Balaban J connectivity index is 1.64. The summed E-state index contributed by atoms with van der Waals surface area (Å²) >= 11 is 1.67. The Morgan fingerprint density at radius 1 is 1.07 bits per heavy atom. The molecule has 2 aliphatic heterocycles. The summed E-state index contributed by atoms with van der Waals surface area (Å²) in [6, 6.07) is 9.29. The molecule has 4 rings (SSSR count). The Bertz CT molecular complexity index is 948. The molecule has 0 spiro atoms. The summed E-state index contributed by atoms with van der Waals surface area (Å²) in [6.07, 6.45) is 4.79. The predicted octanol–water partition coefficient (Wildman–Crippen LogP) is 4.21. The molecule has 0 saturated carbocycles. The second-order valence-electron chi connectivity index (χ2n) is 7.62. The molecular formula is C21H26N2O3S2. The fourth-order valence-electron chi connectivity index (χ4n) is 4.21. The average Bonchev–Trinajstić information content (AvgIpc) is 3.40. The van der Waals surface area contributed by atoms with Gasteiger partial charge < -0.3 is 4.90 Å². The summed E-state index contributed by atoms with van der Waals surface area (Å²) in [4.78, 5) is 16.6. The lowest BCUT2D eigenvalue weighted by atomic mass is 10.1. The molecule has 150 valence electrons. The van der Waals surface area contributed by atoms with Crippen molar-refractivity contribution in [3.63, 3.8) is 0 Å². The van der Waals surface area contributed by atoms with E-state index in [1.54, 1.807) is 40.8 Å². The molecule has 2 aliphatic rings. The number of carbonyl (C=O) groups excluding carboxylic acids is 1. The van der Waals surface area contributed by atoms with Crippen molar-refractivity contribution in [3.05, 3.63) is 51.7 Å². The molecule has 0 N–H and O–H groups in total. The minimum absolute atomic E-state index is 0.0778. The first-order chi connectivity index (χ1) is 13.5. The van der Waals surface area contributed by atoms with Gasteiger partial charge in [-0.25, -0.2) is 8.42 Å². The normalized spacial score (nSPS) is 21.2. The summed E-state index contributed by atoms with van der Waals surface area (Å²) < 4.78 is 27.9. The van der Waals surface area contributed by atoms with Gasteiger partial charge in [0, 0.05) is 30.1 Å². The van der Waals surface area contributed by atoms with Gasteiger partial charge in [-0.2, -0.15) is 4.31 Å². The summed E-state index contributed by atoms with van der Waals surface area (Å²) in [5.41, 5.74) is 1.16. The molecule has 7 heteroatoms. The standard InChI is InChI=1S/C21H26N2O3S2/c1-16-9-10-17(15-20(16)28(25,26)22-11-3-2-4-12-22)21(24)23-13-5-7-18(23)19-8-6-14-27-19/h6,8-10,14-15,18H,2-5,7,11-13H2,1H3. The lowest BCUT2D eigenvalue weighted by Gasteiger charge is -2.27. The monoisotopic (exact) mass is 418 g/mol. The zero-order valence-corrected chi connectivity index (χ0v) is 17.8. The number of hydrogen-bond donors (Lipinski definition) is 0. The third kappa shape index (κ3) is 3.63. The van der Waals surface area contributed by atoms with Crippen molar-refractivity contribution in [1.82, 2.24) is 9.21 Å². The Morgan fingerprint density at radius 3 is 2.57 bits per heavy atom. The number of nitrogens with zero attached hydrogens (tertiary/aromatic N) is 2. The van der Waals surface area contributed by atoms with Crippen LogP contribution in [0.2, 0.25) is 0 Å². The van der Waals surface area contributed by atoms with Crippen LogP contribution in [-0.4, -0.2) is 43.2 Å². The number of rotatable bonds is 4. The smallest absolute Gasteiger partial charge is 0.254 e. The number of amides is 1. The predicted molar refractivity (Wildman–Crippen MR) is 111 cm³/mol. The van der Waals surface area contributed by atoms with E-state index in [1.807, 2.05) is 16.3 Å². The molecule has 1 aromatic heterocycles. The maximum absolute atomic E-state index is 13.2. The molecule has 1 atom stereocenters. The quantitative estimate of drug-likeness (QED) is 0.747. The molecule has 0 radical (unpaired) electrons. The molecule has 2 fully saturated rings. The fraction of sp³-hybridized carbons (Fsp3) is 0.476. The summed E-state index contributed by atoms with van der Waals surface area (Å²) in [6.45, 7) is 3.64. The van der Waals surface area contributed by atoms with Gasteiger partial charge in [-0.3, -0.25) is 4.79 Å². The van der Waals surface area contributed by atoms with Crippen molar-refractivity contribution in [2.75, 3.05) is 19.6 Å². The molecule has 28 heavy (non-hydrogen) atoms. The van der Waals surface area contributed by atoms with Crippen molar-refractivity contribution >= 4 is 27.3 Å². The van der Waals surface area contributed by atoms with Crippen LogP contribution >= 0.6 is 11.3 Å². The van der Waals surface area contributed by atoms with Crippen molar-refractivity contribution in [1.29, 1.82) is 0 Å². The van der Waals surface area contributed by atoms with Crippen molar-refractivity contribution in [2.24, 2.45) is 0 Å². The van der Waals surface area contributed by atoms with E-state index >= 15 is 0 Å². The zero-order valence-electron chi connectivity index (χ0n) is 16.1. The largest absolute Gasteiger partial charge is 0.331 e. The first kappa shape index (κ1) is 19.6. The van der Waals surface area contributed by atoms with E-state index in [1.165, 1.54) is 4.88 Å². The third-order valence-corrected chi connectivity index (χ3v) is 8.77. The van der Waals surface area contributed by atoms with E-state index in [-0.39, 0.29) is 16.8 Å². The lowest BCUT2D eigenvalue weighted by Crippen LogP contribution is -2.36. The molecular weight excluding hydrogens is 392 g/mol. The molecule has 2 aromatic rings. The molecule has 0 bridgehead atoms. The number of hydrogen-bond acceptors (Lipinski definition) is 4. The Labute approximate surface area is 171 Å². The zero-order chi connectivity index (χ0) is 19.7. The first-order valence-corrected chi connectivity index (χ1v) is 12.3. The van der Waals surface area contributed by atoms with Crippen LogP contribution in [0.25, 0.3) is 0 Å². The van der Waals surface area contributed by atoms with Crippen LogP contribution < -0.4 is 0 Å². The SMILES string of the molecule is Cc1ccc(C(=O)N2CCCC2c2cccs2)cc1S(=O)(=O)N1CCCCC1. The summed E-state index contributed by atoms with van der Waals surface area (Å²) in [5, 5.41) is 2.03. The minimum atomic E-state index is -3.56. The Kier molecular flexibility index (Phi) is 5.58. The first-order valence-electron chi connectivity index (χ1n) is 9.93. The topological polar surface area (TPSA) is 57.7 Å². The minimum Gasteiger partial charge on any atom is -0.331 e. The van der Waals surface area contributed by atoms with Crippen LogP contribution in [0, 0.1) is 6.92 Å². The molecule has 1 unspecified atom stereocenters. The second-order valence-corrected chi connectivity index (χ2v) is 10.5. The summed E-state index contributed by atoms with van der Waals surface area (Å²) in [7, 11) is -3.56. The van der Waals surface area contributed by atoms with Gasteiger partial charge in [0.25, 0.3) is 5.91 Å². The number of sulfonamides is 1. The van der Waals surface area contributed by atoms with Gasteiger partial charge in [0.15, 0.2) is 0 Å². The number of aryl methyl sites for hydroxylation is 1. The number of piperidine rings is 1. The molecule has 0 aliphatic carbocycles. The lowest BCUT2D eigenvalue weighted by molar-refractivity contribution is 0.0737. The highest BCUT2D eigenvalue weighted by Gasteiger charge is 2.33.